The summed E-state index contributed by atoms with van der Waals surface area (Å²) in [6.45, 7) is 35.1. The number of nitrogens with one attached hydrogen (secondary N) is 1. The molecule has 0 saturated carbocycles. The lowest BCUT2D eigenvalue weighted by Gasteiger charge is -2.48. The van der Waals surface area contributed by atoms with Crippen LogP contribution in [0.25, 0.3) is 0 Å². The molecule has 0 aliphatic rings. The van der Waals surface area contributed by atoms with E-state index in [9.17, 15) is 20.1 Å². The van der Waals surface area contributed by atoms with Crippen LogP contribution in [0.3, 0.4) is 0 Å². The number of allylic oxidation sites excluding steroid dienone is 1. The lowest BCUT2D eigenvalue weighted by atomic mass is 9.77. The van der Waals surface area contributed by atoms with E-state index in [1.54, 1.807) is 6.08 Å². The first kappa shape index (κ1) is 47.2. The lowest BCUT2D eigenvalue weighted by molar-refractivity contribution is -0.138. The maximum absolute atomic E-state index is 12.3. The zero-order valence-electron chi connectivity index (χ0n) is 35.0. The predicted molar refractivity (Wildman–Crippen MR) is 217 cm³/mol. The normalized spacial score (nSPS) is 19.1. The smallest absolute Gasteiger partial charge is 0.406 e. The van der Waals surface area contributed by atoms with Crippen LogP contribution >= 0.6 is 0 Å². The molecule has 1 aromatic rings. The van der Waals surface area contributed by atoms with E-state index < -0.39 is 46.4 Å². The van der Waals surface area contributed by atoms with Gasteiger partial charge in [0.1, 0.15) is 5.72 Å². The molecule has 0 radical (unpaired) electrons. The van der Waals surface area contributed by atoms with Crippen molar-refractivity contribution in [1.82, 2.24) is 5.32 Å². The average Bonchev–Trinajstić information content (AvgIpc) is 2.99. The Labute approximate surface area is 313 Å². The van der Waals surface area contributed by atoms with Crippen molar-refractivity contribution in [2.45, 2.75) is 150 Å². The molecule has 0 fully saturated rings. The minimum Gasteiger partial charge on any atom is -0.465 e. The summed E-state index contributed by atoms with van der Waals surface area (Å²) in [5, 5.41) is 34.2. The maximum Gasteiger partial charge on any atom is 0.406 e. The van der Waals surface area contributed by atoms with Crippen LogP contribution < -0.4 is 5.32 Å². The van der Waals surface area contributed by atoms with Gasteiger partial charge in [-0.25, -0.2) is 4.79 Å². The Kier molecular flexibility index (Phi) is 18.1. The zero-order chi connectivity index (χ0) is 39.6. The van der Waals surface area contributed by atoms with Crippen LogP contribution in [-0.2, 0) is 20.2 Å². The standard InChI is InChI=1S/C41H75NO7Si2/c1-29(25-31(3)36(30(2)21-20-24-43)48-50(13,14)39(7,8)9)26-32(4)37(49-51(15,16)40(10,11)12)34(6)41(46,42-38(44)45)33(5)27-47-28-35-22-18-17-19-23-35/h17-23,25,30-34,36-37,42-43,46H,24,26-28H2,1-16H3,(H,44,45)/b21-20-,29-25-/t30-,31-,32-,33-,34-,36-,37+,41?/m0/s1. The van der Waals surface area contributed by atoms with Gasteiger partial charge >= 0.3 is 6.09 Å². The van der Waals surface area contributed by atoms with E-state index in [-0.39, 0.29) is 47.1 Å². The van der Waals surface area contributed by atoms with Gasteiger partial charge in [0, 0.05) is 11.8 Å². The van der Waals surface area contributed by atoms with Gasteiger partial charge in [0.2, 0.25) is 0 Å². The Bertz CT molecular complexity index is 1250. The van der Waals surface area contributed by atoms with Gasteiger partial charge in [-0.1, -0.05) is 130 Å². The van der Waals surface area contributed by atoms with Crippen LogP contribution in [0.15, 0.2) is 54.1 Å². The fraction of sp³-hybridized carbons (Fsp3) is 0.732. The SMILES string of the molecule is C/C(=C/[C@H](C)[C@@H](O[Si](C)(C)C(C)(C)C)[C@@H](C)/C=C\CO)C[C@H](C)[C@@H](O[Si](C)(C)C(C)(C)C)[C@H](C)C(O)(NC(=O)O)[C@@H](C)COCc1ccccc1. The topological polar surface area (TPSA) is 117 Å². The molecule has 0 aromatic heterocycles. The van der Waals surface area contributed by atoms with Crippen LogP contribution in [0.1, 0.15) is 95.1 Å². The van der Waals surface area contributed by atoms with E-state index in [0.717, 1.165) is 5.56 Å². The van der Waals surface area contributed by atoms with Crippen LogP contribution in [-0.4, -0.2) is 69.2 Å². The molecule has 0 spiro atoms. The van der Waals surface area contributed by atoms with Crippen molar-refractivity contribution in [3.63, 3.8) is 0 Å². The zero-order valence-corrected chi connectivity index (χ0v) is 37.0. The molecule has 4 N–H and O–H groups in total. The van der Waals surface area contributed by atoms with E-state index in [2.05, 4.69) is 107 Å². The summed E-state index contributed by atoms with van der Waals surface area (Å²) in [4.78, 5) is 12.2. The van der Waals surface area contributed by atoms with Gasteiger partial charge in [0.05, 0.1) is 32.0 Å². The van der Waals surface area contributed by atoms with E-state index >= 15 is 0 Å². The van der Waals surface area contributed by atoms with E-state index in [1.165, 1.54) is 5.57 Å². The number of hydrogen-bond acceptors (Lipinski definition) is 6. The molecule has 1 aromatic carbocycles. The van der Waals surface area contributed by atoms with Gasteiger partial charge < -0.3 is 28.9 Å². The molecule has 294 valence electrons. The van der Waals surface area contributed by atoms with Crippen molar-refractivity contribution in [2.75, 3.05) is 13.2 Å². The quantitative estimate of drug-likeness (QED) is 0.0596. The molecule has 0 aliphatic carbocycles. The van der Waals surface area contributed by atoms with Gasteiger partial charge in [0.15, 0.2) is 16.6 Å². The second kappa shape index (κ2) is 19.5. The molecule has 0 saturated heterocycles. The Morgan fingerprint density at radius 1 is 0.863 bits per heavy atom. The summed E-state index contributed by atoms with van der Waals surface area (Å²) in [6, 6.07) is 9.80. The molecule has 0 bridgehead atoms. The minimum absolute atomic E-state index is 0.00737. The molecule has 1 amide bonds. The Hall–Kier alpha value is -1.80. The van der Waals surface area contributed by atoms with Gasteiger partial charge in [-0.05, 0) is 72.9 Å². The third-order valence-corrected chi connectivity index (χ3v) is 20.5. The molecular weight excluding hydrogens is 675 g/mol. The monoisotopic (exact) mass is 750 g/mol. The second-order valence-corrected chi connectivity index (χ2v) is 27.7. The summed E-state index contributed by atoms with van der Waals surface area (Å²) >= 11 is 0. The highest BCUT2D eigenvalue weighted by Gasteiger charge is 2.49. The van der Waals surface area contributed by atoms with Crippen molar-refractivity contribution >= 4 is 22.7 Å². The maximum atomic E-state index is 12.3. The second-order valence-electron chi connectivity index (χ2n) is 18.2. The van der Waals surface area contributed by atoms with E-state index in [1.807, 2.05) is 50.3 Å². The molecule has 1 rings (SSSR count). The molecule has 0 aliphatic heterocycles. The largest absolute Gasteiger partial charge is 0.465 e. The molecule has 1 unspecified atom stereocenters. The fourth-order valence-electron chi connectivity index (χ4n) is 6.22. The number of amides is 1. The first-order valence-corrected chi connectivity index (χ1v) is 24.7. The summed E-state index contributed by atoms with van der Waals surface area (Å²) in [5.74, 6) is -1.03. The summed E-state index contributed by atoms with van der Waals surface area (Å²) in [6.07, 6.45) is 5.02. The molecule has 8 nitrogen and oxygen atoms in total. The number of hydrogen-bond donors (Lipinski definition) is 4. The predicted octanol–water partition coefficient (Wildman–Crippen LogP) is 10.0. The third-order valence-electron chi connectivity index (χ3n) is 11.5. The first-order chi connectivity index (χ1) is 23.2. The van der Waals surface area contributed by atoms with Crippen LogP contribution in [0, 0.1) is 29.6 Å². The number of aliphatic hydroxyl groups excluding tert-OH is 1. The molecule has 0 heterocycles. The van der Waals surface area contributed by atoms with E-state index in [0.29, 0.717) is 13.0 Å². The Morgan fingerprint density at radius 2 is 1.37 bits per heavy atom. The Balaban J connectivity index is 3.52. The van der Waals surface area contributed by atoms with Crippen LogP contribution in [0.2, 0.25) is 36.3 Å². The molecule has 10 heteroatoms. The van der Waals surface area contributed by atoms with Crippen molar-refractivity contribution in [1.29, 1.82) is 0 Å². The van der Waals surface area contributed by atoms with Crippen molar-refractivity contribution in [3.8, 4) is 0 Å². The Morgan fingerprint density at radius 3 is 1.84 bits per heavy atom. The highest BCUT2D eigenvalue weighted by Crippen LogP contribution is 2.43. The third kappa shape index (κ3) is 14.2. The number of carboxylic acid groups (broad SMARTS) is 1. The van der Waals surface area contributed by atoms with Crippen molar-refractivity contribution in [2.24, 2.45) is 29.6 Å². The van der Waals surface area contributed by atoms with Gasteiger partial charge in [-0.2, -0.15) is 0 Å². The summed E-state index contributed by atoms with van der Waals surface area (Å²) in [5.41, 5.74) is 0.375. The number of aliphatic hydroxyl groups is 2. The molecule has 51 heavy (non-hydrogen) atoms. The highest BCUT2D eigenvalue weighted by atomic mass is 28.4. The molecule has 8 atom stereocenters. The number of ether oxygens (including phenoxy) is 1. The highest BCUT2D eigenvalue weighted by molar-refractivity contribution is 6.74. The van der Waals surface area contributed by atoms with Crippen LogP contribution in [0.4, 0.5) is 4.79 Å². The fourth-order valence-corrected chi connectivity index (χ4v) is 9.16. The summed E-state index contributed by atoms with van der Waals surface area (Å²) in [7, 11) is -4.47. The number of benzene rings is 1. The minimum atomic E-state index is -2.37. The van der Waals surface area contributed by atoms with Crippen molar-refractivity contribution in [3.05, 3.63) is 59.7 Å². The first-order valence-electron chi connectivity index (χ1n) is 18.9. The number of carbonyl (C=O) groups is 1. The average molecular weight is 750 g/mol. The summed E-state index contributed by atoms with van der Waals surface area (Å²) < 4.78 is 20.2. The van der Waals surface area contributed by atoms with Crippen LogP contribution in [0.5, 0.6) is 0 Å². The number of rotatable bonds is 20. The van der Waals surface area contributed by atoms with Gasteiger partial charge in [-0.15, -0.1) is 0 Å². The van der Waals surface area contributed by atoms with E-state index in [4.69, 9.17) is 13.6 Å². The molecular formula is C41H75NO7Si2. The van der Waals surface area contributed by atoms with Gasteiger partial charge in [-0.3, -0.25) is 5.32 Å². The van der Waals surface area contributed by atoms with Crippen molar-refractivity contribution < 1.29 is 33.7 Å². The lowest BCUT2D eigenvalue weighted by Crippen LogP contribution is -2.63. The van der Waals surface area contributed by atoms with Gasteiger partial charge in [0.25, 0.3) is 0 Å².